The average molecular weight is 441 g/mol. The molecule has 0 atom stereocenters. The van der Waals surface area contributed by atoms with Gasteiger partial charge in [0, 0.05) is 11.3 Å². The number of aromatic nitrogens is 4. The van der Waals surface area contributed by atoms with Crippen molar-refractivity contribution in [3.05, 3.63) is 58.5 Å². The number of thiophene rings is 1. The molecule has 4 heterocycles. The third-order valence-electron chi connectivity index (χ3n) is 5.61. The van der Waals surface area contributed by atoms with E-state index in [1.54, 1.807) is 11.3 Å². The molecule has 0 radical (unpaired) electrons. The molecule has 30 heavy (non-hydrogen) atoms. The monoisotopic (exact) mass is 440 g/mol. The molecule has 0 aliphatic heterocycles. The number of halogens is 1. The highest BCUT2D eigenvalue weighted by Gasteiger charge is 2.22. The quantitative estimate of drug-likeness (QED) is 0.333. The van der Waals surface area contributed by atoms with E-state index in [4.69, 9.17) is 15.1 Å². The van der Waals surface area contributed by atoms with E-state index in [2.05, 4.69) is 63.4 Å². The van der Waals surface area contributed by atoms with Gasteiger partial charge < -0.3 is 0 Å². The van der Waals surface area contributed by atoms with Gasteiger partial charge in [0.1, 0.15) is 5.69 Å². The topological polar surface area (TPSA) is 43.1 Å². The number of hydrogen-bond donors (Lipinski definition) is 0. The minimum absolute atomic E-state index is 0. The molecule has 4 aromatic rings. The maximum atomic E-state index is 4.98. The van der Waals surface area contributed by atoms with Crippen LogP contribution in [0.15, 0.2) is 30.3 Å². The number of hydrogen-bond acceptors (Lipinski definition) is 4. The maximum absolute atomic E-state index is 4.98. The number of pyridine rings is 1. The Morgan fingerprint density at radius 3 is 2.37 bits per heavy atom. The van der Waals surface area contributed by atoms with E-state index >= 15 is 0 Å². The first kappa shape index (κ1) is 22.4. The van der Waals surface area contributed by atoms with E-state index in [9.17, 15) is 0 Å². The zero-order valence-corrected chi connectivity index (χ0v) is 20.1. The molecule has 0 amide bonds. The summed E-state index contributed by atoms with van der Waals surface area (Å²) in [5.41, 5.74) is 8.79. The van der Waals surface area contributed by atoms with Crippen LogP contribution in [0.3, 0.4) is 0 Å². The van der Waals surface area contributed by atoms with Crippen LogP contribution < -0.4 is 0 Å². The summed E-state index contributed by atoms with van der Waals surface area (Å²) in [4.78, 5) is 12.1. The SMILES string of the molecule is CCC(CC)c1cc(C)nn2c(-c3sc(-c4cccc(C)n4)cc3C)c(C)nc12.Cl. The minimum atomic E-state index is 0. The average Bonchev–Trinajstić information content (AvgIpc) is 3.21. The predicted octanol–water partition coefficient (Wildman–Crippen LogP) is 7.08. The van der Waals surface area contributed by atoms with Crippen LogP contribution >= 0.6 is 23.7 Å². The van der Waals surface area contributed by atoms with E-state index < -0.39 is 0 Å². The zero-order chi connectivity index (χ0) is 20.7. The normalized spacial score (nSPS) is 11.3. The van der Waals surface area contributed by atoms with Crippen molar-refractivity contribution >= 4 is 29.4 Å². The van der Waals surface area contributed by atoms with E-state index in [1.165, 1.54) is 20.9 Å². The lowest BCUT2D eigenvalue weighted by Crippen LogP contribution is -2.05. The molecule has 0 bridgehead atoms. The molecule has 158 valence electrons. The van der Waals surface area contributed by atoms with Crippen molar-refractivity contribution in [2.75, 3.05) is 0 Å². The van der Waals surface area contributed by atoms with Gasteiger partial charge in [0.2, 0.25) is 0 Å². The molecule has 0 spiro atoms. The highest BCUT2D eigenvalue weighted by atomic mass is 35.5. The van der Waals surface area contributed by atoms with Gasteiger partial charge in [0.15, 0.2) is 5.65 Å². The zero-order valence-electron chi connectivity index (χ0n) is 18.5. The fourth-order valence-corrected chi connectivity index (χ4v) is 5.32. The van der Waals surface area contributed by atoms with Crippen molar-refractivity contribution in [2.24, 2.45) is 0 Å². The van der Waals surface area contributed by atoms with Gasteiger partial charge in [0.25, 0.3) is 0 Å². The van der Waals surface area contributed by atoms with Crippen LogP contribution in [-0.2, 0) is 0 Å². The molecular formula is C24H29ClN4S. The number of imidazole rings is 1. The van der Waals surface area contributed by atoms with E-state index in [0.29, 0.717) is 5.92 Å². The molecule has 0 saturated heterocycles. The lowest BCUT2D eigenvalue weighted by Gasteiger charge is -2.14. The van der Waals surface area contributed by atoms with Crippen LogP contribution in [0.5, 0.6) is 0 Å². The van der Waals surface area contributed by atoms with E-state index in [1.807, 2.05) is 13.0 Å². The van der Waals surface area contributed by atoms with Gasteiger partial charge in [-0.15, -0.1) is 23.7 Å². The molecule has 0 aliphatic rings. The molecule has 0 saturated carbocycles. The Bertz CT molecular complexity index is 1190. The third-order valence-corrected chi connectivity index (χ3v) is 6.87. The van der Waals surface area contributed by atoms with Crippen molar-refractivity contribution in [1.29, 1.82) is 0 Å². The highest BCUT2D eigenvalue weighted by Crippen LogP contribution is 2.39. The molecule has 4 nitrogen and oxygen atoms in total. The molecule has 0 aromatic carbocycles. The Labute approximate surface area is 188 Å². The van der Waals surface area contributed by atoms with Gasteiger partial charge in [-0.3, -0.25) is 4.98 Å². The molecule has 0 unspecified atom stereocenters. The summed E-state index contributed by atoms with van der Waals surface area (Å²) >= 11 is 1.78. The number of rotatable bonds is 5. The molecule has 6 heteroatoms. The lowest BCUT2D eigenvalue weighted by atomic mass is 9.95. The first-order valence-corrected chi connectivity index (χ1v) is 11.2. The summed E-state index contributed by atoms with van der Waals surface area (Å²) in [7, 11) is 0. The Balaban J connectivity index is 0.00000256. The van der Waals surface area contributed by atoms with Crippen molar-refractivity contribution in [3.8, 4) is 21.1 Å². The summed E-state index contributed by atoms with van der Waals surface area (Å²) in [6.07, 6.45) is 2.22. The summed E-state index contributed by atoms with van der Waals surface area (Å²) in [6.45, 7) is 12.9. The van der Waals surface area contributed by atoms with Crippen molar-refractivity contribution in [2.45, 2.75) is 60.3 Å². The van der Waals surface area contributed by atoms with E-state index in [0.717, 1.165) is 47.0 Å². The predicted molar refractivity (Wildman–Crippen MR) is 129 cm³/mol. The fraction of sp³-hybridized carbons (Fsp3) is 0.375. The van der Waals surface area contributed by atoms with Crippen molar-refractivity contribution in [3.63, 3.8) is 0 Å². The van der Waals surface area contributed by atoms with Crippen LogP contribution in [0.25, 0.3) is 26.8 Å². The number of fused-ring (bicyclic) bond motifs is 1. The maximum Gasteiger partial charge on any atom is 0.158 e. The lowest BCUT2D eigenvalue weighted by molar-refractivity contribution is 0.638. The first-order valence-electron chi connectivity index (χ1n) is 10.3. The van der Waals surface area contributed by atoms with Crippen LogP contribution in [-0.4, -0.2) is 19.6 Å². The smallest absolute Gasteiger partial charge is 0.158 e. The van der Waals surface area contributed by atoms with Gasteiger partial charge in [0.05, 0.1) is 26.8 Å². The summed E-state index contributed by atoms with van der Waals surface area (Å²) in [6, 6.07) is 10.6. The Morgan fingerprint density at radius 2 is 1.70 bits per heavy atom. The summed E-state index contributed by atoms with van der Waals surface area (Å²) in [5, 5.41) is 4.87. The second kappa shape index (κ2) is 8.86. The van der Waals surface area contributed by atoms with Crippen LogP contribution in [0.4, 0.5) is 0 Å². The summed E-state index contributed by atoms with van der Waals surface area (Å²) in [5.74, 6) is 0.505. The van der Waals surface area contributed by atoms with Gasteiger partial charge in [-0.1, -0.05) is 19.9 Å². The number of nitrogens with zero attached hydrogens (tertiary/aromatic N) is 4. The van der Waals surface area contributed by atoms with Crippen LogP contribution in [0.2, 0.25) is 0 Å². The van der Waals surface area contributed by atoms with Gasteiger partial charge in [-0.25, -0.2) is 9.50 Å². The second-order valence-corrected chi connectivity index (χ2v) is 8.87. The van der Waals surface area contributed by atoms with Crippen LogP contribution in [0, 0.1) is 27.7 Å². The standard InChI is InChI=1S/C24H28N4S.ClH/c1-7-18(8-2)19-13-16(5)27-28-22(17(6)26-24(19)28)23-14(3)12-21(29-23)20-11-9-10-15(4)25-20;/h9-13,18H,7-8H2,1-6H3;1H. The number of aryl methyl sites for hydroxylation is 4. The Hall–Kier alpha value is -2.24. The largest absolute Gasteiger partial charge is 0.252 e. The van der Waals surface area contributed by atoms with Crippen molar-refractivity contribution < 1.29 is 0 Å². The fourth-order valence-electron chi connectivity index (χ4n) is 4.09. The van der Waals surface area contributed by atoms with Gasteiger partial charge >= 0.3 is 0 Å². The van der Waals surface area contributed by atoms with Crippen molar-refractivity contribution in [1.82, 2.24) is 19.6 Å². The van der Waals surface area contributed by atoms with E-state index in [-0.39, 0.29) is 12.4 Å². The minimum Gasteiger partial charge on any atom is -0.252 e. The van der Waals surface area contributed by atoms with Crippen LogP contribution in [0.1, 0.15) is 60.8 Å². The molecule has 4 aromatic heterocycles. The Morgan fingerprint density at radius 1 is 0.967 bits per heavy atom. The molecule has 0 N–H and O–H groups in total. The molecule has 0 fully saturated rings. The third kappa shape index (κ3) is 3.88. The summed E-state index contributed by atoms with van der Waals surface area (Å²) < 4.78 is 2.07. The van der Waals surface area contributed by atoms with Gasteiger partial charge in [-0.2, -0.15) is 5.10 Å². The Kier molecular flexibility index (Phi) is 6.63. The highest BCUT2D eigenvalue weighted by molar-refractivity contribution is 7.19. The molecular weight excluding hydrogens is 412 g/mol. The molecule has 0 aliphatic carbocycles. The molecule has 4 rings (SSSR count). The second-order valence-electron chi connectivity index (χ2n) is 7.82. The first-order chi connectivity index (χ1) is 13.9. The van der Waals surface area contributed by atoms with Gasteiger partial charge in [-0.05, 0) is 76.3 Å².